The highest BCUT2D eigenvalue weighted by Gasteiger charge is 2.57. The first-order valence-electron chi connectivity index (χ1n) is 8.58. The molecule has 0 aliphatic carbocycles. The lowest BCUT2D eigenvalue weighted by molar-refractivity contribution is -0.253. The number of aliphatic hydroxyl groups is 1. The van der Waals surface area contributed by atoms with Crippen LogP contribution in [0.5, 0.6) is 0 Å². The van der Waals surface area contributed by atoms with Crippen molar-refractivity contribution in [1.82, 2.24) is 30.0 Å². The summed E-state index contributed by atoms with van der Waals surface area (Å²) in [6, 6.07) is 1.39. The van der Waals surface area contributed by atoms with Gasteiger partial charge in [-0.3, -0.25) is 9.48 Å². The third-order valence-electron chi connectivity index (χ3n) is 5.00. The summed E-state index contributed by atoms with van der Waals surface area (Å²) < 4.78 is 44.9. The molecule has 0 aromatic carbocycles. The summed E-state index contributed by atoms with van der Waals surface area (Å²) in [7, 11) is 0. The van der Waals surface area contributed by atoms with Gasteiger partial charge in [-0.1, -0.05) is 0 Å². The molecule has 3 aromatic heterocycles. The molecule has 0 saturated carbocycles. The second-order valence-corrected chi connectivity index (χ2v) is 6.93. The number of aromatic nitrogens is 5. The van der Waals surface area contributed by atoms with Crippen molar-refractivity contribution in [3.63, 3.8) is 0 Å². The van der Waals surface area contributed by atoms with Crippen LogP contribution < -0.4 is 5.73 Å². The highest BCUT2D eigenvalue weighted by molar-refractivity contribution is 5.92. The highest BCUT2D eigenvalue weighted by Crippen LogP contribution is 2.38. The molecular weight excluding hydrogens is 395 g/mol. The van der Waals surface area contributed by atoms with Crippen LogP contribution in [0, 0.1) is 6.92 Å². The van der Waals surface area contributed by atoms with E-state index in [2.05, 4.69) is 25.0 Å². The molecule has 154 valence electrons. The number of halogens is 3. The van der Waals surface area contributed by atoms with E-state index in [0.29, 0.717) is 22.5 Å². The van der Waals surface area contributed by atoms with Crippen molar-refractivity contribution < 1.29 is 27.7 Å². The van der Waals surface area contributed by atoms with Gasteiger partial charge in [0, 0.05) is 30.4 Å². The maximum absolute atomic E-state index is 13.0. The van der Waals surface area contributed by atoms with Crippen molar-refractivity contribution in [1.29, 1.82) is 0 Å². The van der Waals surface area contributed by atoms with Crippen LogP contribution in [0.3, 0.4) is 0 Å². The van der Waals surface area contributed by atoms with Crippen molar-refractivity contribution in [3.8, 4) is 0 Å². The Labute approximate surface area is 161 Å². The minimum atomic E-state index is -4.81. The van der Waals surface area contributed by atoms with Gasteiger partial charge in [0.2, 0.25) is 5.65 Å². The van der Waals surface area contributed by atoms with Gasteiger partial charge in [-0.25, -0.2) is 9.61 Å². The number of nitrogen functional groups attached to an aromatic ring is 1. The van der Waals surface area contributed by atoms with E-state index in [4.69, 9.17) is 5.73 Å². The topological polar surface area (TPSA) is 136 Å². The van der Waals surface area contributed by atoms with Crippen LogP contribution in [0.15, 0.2) is 16.9 Å². The smallest absolute Gasteiger partial charge is 0.396 e. The van der Waals surface area contributed by atoms with Gasteiger partial charge in [0.05, 0.1) is 18.8 Å². The molecule has 13 heteroatoms. The molecule has 29 heavy (non-hydrogen) atoms. The molecule has 0 spiro atoms. The lowest BCUT2D eigenvalue weighted by Crippen LogP contribution is -2.48. The van der Waals surface area contributed by atoms with Crippen molar-refractivity contribution in [2.24, 2.45) is 0 Å². The maximum atomic E-state index is 13.0. The molecule has 1 unspecified atom stereocenters. The van der Waals surface area contributed by atoms with Crippen LogP contribution in [0.25, 0.3) is 11.2 Å². The molecule has 0 radical (unpaired) electrons. The Morgan fingerprint density at radius 1 is 1.41 bits per heavy atom. The Morgan fingerprint density at radius 3 is 2.86 bits per heavy atom. The lowest BCUT2D eigenvalue weighted by atomic mass is 10.0. The number of nitrogens with zero attached hydrogens (tertiary/aromatic N) is 6. The number of hydrogen-bond acceptors (Lipinski definition) is 8. The van der Waals surface area contributed by atoms with Crippen LogP contribution in [0.2, 0.25) is 0 Å². The van der Waals surface area contributed by atoms with Gasteiger partial charge in [-0.05, 0) is 23.3 Å². The summed E-state index contributed by atoms with van der Waals surface area (Å²) in [5, 5.41) is 21.2. The first-order valence-corrected chi connectivity index (χ1v) is 8.58. The number of carbonyl (C=O) groups is 1. The van der Waals surface area contributed by atoms with Gasteiger partial charge in [0.15, 0.2) is 11.1 Å². The number of likely N-dealkylation sites (tertiary alicyclic amines) is 1. The fraction of sp³-hybridized carbons (Fsp3) is 0.438. The number of rotatable bonds is 3. The van der Waals surface area contributed by atoms with E-state index in [1.807, 2.05) is 0 Å². The average molecular weight is 411 g/mol. The van der Waals surface area contributed by atoms with Crippen LogP contribution in [-0.2, 0) is 6.54 Å². The molecule has 1 fully saturated rings. The highest BCUT2D eigenvalue weighted by atomic mass is 19.4. The van der Waals surface area contributed by atoms with Crippen molar-refractivity contribution in [2.75, 3.05) is 18.8 Å². The third kappa shape index (κ3) is 3.16. The molecule has 1 aliphatic rings. The number of aryl methyl sites for hydroxylation is 1. The molecule has 0 bridgehead atoms. The number of carbonyl (C=O) groups excluding carboxylic acids is 1. The molecule has 1 atom stereocenters. The SMILES string of the molecule is Cc1nc2nonc2c(N)c1Cn1ccc(C(=O)N2CCC(O)(C(F)(F)F)C2)n1. The Bertz CT molecular complexity index is 1090. The standard InChI is InChI=1S/C16H16F3N7O3/c1-8-9(11(20)12-13(21-8)24-29-23-12)6-26-4-2-10(22-26)14(27)25-5-3-15(28,7-25)16(17,18)19/h2,4,28H,3,5-7,20H2,1H3. The number of β-amino-alcohol motifs (C(OH)–C–C–N with tert-alkyl or cyclic N) is 1. The summed E-state index contributed by atoms with van der Waals surface area (Å²) in [6.07, 6.45) is -3.88. The van der Waals surface area contributed by atoms with E-state index < -0.39 is 30.7 Å². The predicted octanol–water partition coefficient (Wildman–Crippen LogP) is 0.893. The van der Waals surface area contributed by atoms with E-state index in [-0.39, 0.29) is 24.4 Å². The normalized spacial score (nSPS) is 20.0. The van der Waals surface area contributed by atoms with Gasteiger partial charge in [-0.2, -0.15) is 18.3 Å². The molecule has 3 aromatic rings. The molecule has 3 N–H and O–H groups in total. The summed E-state index contributed by atoms with van der Waals surface area (Å²) in [4.78, 5) is 17.7. The largest absolute Gasteiger partial charge is 0.419 e. The van der Waals surface area contributed by atoms with Gasteiger partial charge >= 0.3 is 6.18 Å². The van der Waals surface area contributed by atoms with E-state index in [1.54, 1.807) is 6.92 Å². The number of fused-ring (bicyclic) bond motifs is 1. The number of alkyl halides is 3. The molecule has 1 aliphatic heterocycles. The number of hydrogen-bond donors (Lipinski definition) is 2. The van der Waals surface area contributed by atoms with E-state index in [9.17, 15) is 23.1 Å². The summed E-state index contributed by atoms with van der Waals surface area (Å²) in [5.41, 5.74) is 5.22. The van der Waals surface area contributed by atoms with Gasteiger partial charge < -0.3 is 15.7 Å². The summed E-state index contributed by atoms with van der Waals surface area (Å²) in [5.74, 6) is -0.692. The summed E-state index contributed by atoms with van der Waals surface area (Å²) in [6.45, 7) is 0.840. The van der Waals surface area contributed by atoms with Gasteiger partial charge in [0.25, 0.3) is 5.91 Å². The molecule has 10 nitrogen and oxygen atoms in total. The van der Waals surface area contributed by atoms with Crippen molar-refractivity contribution in [3.05, 3.63) is 29.2 Å². The zero-order valence-electron chi connectivity index (χ0n) is 15.1. The molecule has 4 heterocycles. The van der Waals surface area contributed by atoms with Crippen molar-refractivity contribution in [2.45, 2.75) is 31.7 Å². The Hall–Kier alpha value is -3.22. The number of pyridine rings is 1. The molecule has 1 saturated heterocycles. The van der Waals surface area contributed by atoms with Crippen molar-refractivity contribution >= 4 is 22.8 Å². The zero-order chi connectivity index (χ0) is 21.0. The minimum Gasteiger partial charge on any atom is -0.396 e. The van der Waals surface area contributed by atoms with E-state index >= 15 is 0 Å². The fourth-order valence-corrected chi connectivity index (χ4v) is 3.28. The first-order chi connectivity index (χ1) is 13.6. The quantitative estimate of drug-likeness (QED) is 0.649. The maximum Gasteiger partial charge on any atom is 0.419 e. The monoisotopic (exact) mass is 411 g/mol. The Kier molecular flexibility index (Phi) is 4.22. The Balaban J connectivity index is 1.53. The second kappa shape index (κ2) is 6.40. The number of amides is 1. The van der Waals surface area contributed by atoms with Crippen LogP contribution in [0.1, 0.15) is 28.2 Å². The first kappa shape index (κ1) is 19.1. The average Bonchev–Trinajstić information content (AvgIpc) is 3.37. The zero-order valence-corrected chi connectivity index (χ0v) is 15.1. The fourth-order valence-electron chi connectivity index (χ4n) is 3.28. The molecular formula is C16H16F3N7O3. The van der Waals surface area contributed by atoms with E-state index in [1.165, 1.54) is 16.9 Å². The summed E-state index contributed by atoms with van der Waals surface area (Å²) >= 11 is 0. The van der Waals surface area contributed by atoms with Crippen LogP contribution >= 0.6 is 0 Å². The van der Waals surface area contributed by atoms with Crippen LogP contribution in [-0.4, -0.2) is 65.9 Å². The van der Waals surface area contributed by atoms with Crippen LogP contribution in [0.4, 0.5) is 18.9 Å². The second-order valence-electron chi connectivity index (χ2n) is 6.93. The predicted molar refractivity (Wildman–Crippen MR) is 91.6 cm³/mol. The van der Waals surface area contributed by atoms with Gasteiger partial charge in [-0.15, -0.1) is 0 Å². The number of anilines is 1. The Morgan fingerprint density at radius 2 is 2.17 bits per heavy atom. The molecule has 4 rings (SSSR count). The third-order valence-corrected chi connectivity index (χ3v) is 5.00. The lowest BCUT2D eigenvalue weighted by Gasteiger charge is -2.25. The minimum absolute atomic E-state index is 0.0372. The number of nitrogens with two attached hydrogens (primary N) is 1. The van der Waals surface area contributed by atoms with E-state index in [0.717, 1.165) is 4.90 Å². The molecule has 1 amide bonds. The van der Waals surface area contributed by atoms with Gasteiger partial charge in [0.1, 0.15) is 5.69 Å².